The number of nitrogens with two attached hydrogens (primary N) is 1. The van der Waals surface area contributed by atoms with E-state index in [4.69, 9.17) is 5.73 Å². The van der Waals surface area contributed by atoms with Crippen LogP contribution in [0.15, 0.2) is 73.6 Å². The molecule has 3 heterocycles. The third-order valence-electron chi connectivity index (χ3n) is 14.2. The quantitative estimate of drug-likeness (QED) is 0.0206. The molecule has 1 fully saturated rings. The number of phenolic OH excluding ortho intramolecular Hbond substituents is 2. The highest BCUT2D eigenvalue weighted by Gasteiger charge is 2.42. The highest BCUT2D eigenvalue weighted by atomic mass is 32.2. The zero-order valence-electron chi connectivity index (χ0n) is 48.8. The minimum Gasteiger partial charge on any atom is -0.508 e. The number of aliphatic carboxylic acids is 2. The average molecular weight is 1270 g/mol. The lowest BCUT2D eigenvalue weighted by molar-refractivity contribution is -0.143. The van der Waals surface area contributed by atoms with Crippen LogP contribution >= 0.6 is 11.8 Å². The van der Waals surface area contributed by atoms with Gasteiger partial charge in [0.25, 0.3) is 0 Å². The van der Waals surface area contributed by atoms with E-state index >= 15 is 0 Å². The number of hydrogen-bond acceptors (Lipinski definition) is 20. The first-order chi connectivity index (χ1) is 42.3. The Bertz CT molecular complexity index is 3050. The topological polar surface area (TPSA) is 512 Å². The van der Waals surface area contributed by atoms with Gasteiger partial charge in [-0.15, -0.1) is 0 Å². The van der Waals surface area contributed by atoms with Crippen molar-refractivity contribution >= 4 is 76.9 Å². The summed E-state index contributed by atoms with van der Waals surface area (Å²) >= 11 is 1.42. The van der Waals surface area contributed by atoms with Crippen LogP contribution in [0, 0.1) is 0 Å². The summed E-state index contributed by atoms with van der Waals surface area (Å²) in [6.07, 6.45) is 1.62. The molecular formula is C56H76N14O18S. The zero-order chi connectivity index (χ0) is 65.5. The molecule has 32 nitrogen and oxygen atoms in total. The third kappa shape index (κ3) is 21.9. The van der Waals surface area contributed by atoms with Crippen molar-refractivity contribution in [2.24, 2.45) is 5.73 Å². The predicted molar refractivity (Wildman–Crippen MR) is 314 cm³/mol. The molecule has 19 N–H and O–H groups in total. The van der Waals surface area contributed by atoms with E-state index in [-0.39, 0.29) is 68.7 Å². The number of amides is 9. The maximum atomic E-state index is 14.8. The number of thioether (sulfide) groups is 1. The summed E-state index contributed by atoms with van der Waals surface area (Å²) in [6, 6.07) is -4.92. The van der Waals surface area contributed by atoms with Crippen LogP contribution in [-0.4, -0.2) is 223 Å². The summed E-state index contributed by atoms with van der Waals surface area (Å²) in [5, 5.41) is 90.7. The molecule has 0 saturated carbocycles. The largest absolute Gasteiger partial charge is 0.508 e. The smallest absolute Gasteiger partial charge is 0.326 e. The number of benzene rings is 2. The molecule has 33 heteroatoms. The van der Waals surface area contributed by atoms with Gasteiger partial charge in [0.05, 0.1) is 37.5 Å². The predicted octanol–water partition coefficient (Wildman–Crippen LogP) is -4.53. The van der Waals surface area contributed by atoms with Crippen molar-refractivity contribution in [3.8, 4) is 11.5 Å². The SMILES string of the molecule is CSCC[C@H](N)C(=O)N[C@@H](CO)C(=O)N[C@@H](CCC(=O)O)C(=O)N[C@@H](Cc1ccc(O)cc1)C(=O)N1CCC[C@H]1C(=O)N[C@H](C(=O)N[C@@H](Cc1ccc(O)cc1)C(=O)N[C@@H](Cc1cnc[nH]1)C(=O)N[C@H](C(=O)N[C@@H](Cc1cnc[nH]1)C(=O)O)[C@@H](C)O)[C@@H](C)O. The second-order valence-corrected chi connectivity index (χ2v) is 22.1. The number of carbonyl (C=O) groups is 11. The Morgan fingerprint density at radius 2 is 1.04 bits per heavy atom. The molecule has 0 aliphatic carbocycles. The molecular weight excluding hydrogens is 1190 g/mol. The van der Waals surface area contributed by atoms with Gasteiger partial charge in [0.15, 0.2) is 0 Å². The third-order valence-corrected chi connectivity index (χ3v) is 14.9. The van der Waals surface area contributed by atoms with Gasteiger partial charge in [-0.25, -0.2) is 14.8 Å². The number of carboxylic acid groups (broad SMARTS) is 2. The minimum atomic E-state index is -1.86. The van der Waals surface area contributed by atoms with Crippen molar-refractivity contribution in [1.82, 2.24) is 67.4 Å². The maximum Gasteiger partial charge on any atom is 0.326 e. The van der Waals surface area contributed by atoms with Gasteiger partial charge in [-0.1, -0.05) is 24.3 Å². The van der Waals surface area contributed by atoms with E-state index < -0.39 is 157 Å². The molecule has 0 radical (unpaired) electrons. The molecule has 1 saturated heterocycles. The van der Waals surface area contributed by atoms with Crippen LogP contribution in [-0.2, 0) is 78.4 Å². The summed E-state index contributed by atoms with van der Waals surface area (Å²) in [4.78, 5) is 165. The fourth-order valence-corrected chi connectivity index (χ4v) is 9.82. The van der Waals surface area contributed by atoms with Crippen LogP contribution < -0.4 is 48.3 Å². The number of hydrogen-bond donors (Lipinski definition) is 18. The summed E-state index contributed by atoms with van der Waals surface area (Å²) in [6.45, 7) is 1.25. The van der Waals surface area contributed by atoms with Crippen LogP contribution in [0.2, 0.25) is 0 Å². The average Bonchev–Trinajstić information content (AvgIpc) is 2.49. The first kappa shape index (κ1) is 70.6. The van der Waals surface area contributed by atoms with E-state index in [1.165, 1.54) is 85.3 Å². The Morgan fingerprint density at radius 3 is 1.55 bits per heavy atom. The number of likely N-dealkylation sites (tertiary alicyclic amines) is 1. The van der Waals surface area contributed by atoms with Crippen molar-refractivity contribution in [3.63, 3.8) is 0 Å². The number of aromatic hydroxyl groups is 2. The van der Waals surface area contributed by atoms with Crippen LogP contribution in [0.4, 0.5) is 0 Å². The Kier molecular flexibility index (Phi) is 27.3. The van der Waals surface area contributed by atoms with Crippen LogP contribution in [0.1, 0.15) is 68.5 Å². The number of rotatable bonds is 35. The lowest BCUT2D eigenvalue weighted by Crippen LogP contribution is -2.62. The molecule has 484 valence electrons. The second-order valence-electron chi connectivity index (χ2n) is 21.2. The summed E-state index contributed by atoms with van der Waals surface area (Å²) < 4.78 is 0. The Hall–Kier alpha value is -9.18. The number of nitrogens with one attached hydrogen (secondary N) is 10. The van der Waals surface area contributed by atoms with Gasteiger partial charge in [0, 0.05) is 62.4 Å². The van der Waals surface area contributed by atoms with E-state index in [2.05, 4.69) is 62.5 Å². The van der Waals surface area contributed by atoms with Gasteiger partial charge >= 0.3 is 11.9 Å². The fourth-order valence-electron chi connectivity index (χ4n) is 9.33. The highest BCUT2D eigenvalue weighted by molar-refractivity contribution is 7.98. The molecule has 89 heavy (non-hydrogen) atoms. The number of carboxylic acids is 2. The molecule has 1 aliphatic rings. The van der Waals surface area contributed by atoms with E-state index in [0.29, 0.717) is 22.6 Å². The first-order valence-electron chi connectivity index (χ1n) is 28.2. The van der Waals surface area contributed by atoms with Gasteiger partial charge in [0.1, 0.15) is 65.9 Å². The standard InChI is InChI=1S/C56H76N14O18S/c1-28(72)45(54(85)66-41(56(87)88)22-33-24-59-27-61-33)68-50(81)39(21-32-23-58-26-60-32)63-49(80)38(19-30-6-10-34(74)11-7-30)64-53(84)46(29(2)73)69-52(83)43-5-4-17-70(43)55(86)40(20-31-8-12-35(75)13-9-31)65-48(79)37(14-15-44(76)77)62-51(82)42(25-71)67-47(78)36(57)16-18-89-3/h6-13,23-24,26-29,36-43,45-46,71-75H,4-5,14-22,25,57H2,1-3H3,(H,58,60)(H,59,61)(H,62,82)(H,63,80)(H,64,84)(H,65,79)(H,66,85)(H,67,78)(H,68,81)(H,69,83)(H,76,77)(H,87,88)/t28-,29-,36+,37+,38+,39+,40+,41+,42+,43+,45+,46+/m1/s1. The van der Waals surface area contributed by atoms with E-state index in [9.17, 15) is 88.5 Å². The van der Waals surface area contributed by atoms with Crippen LogP contribution in [0.25, 0.3) is 0 Å². The molecule has 0 spiro atoms. The van der Waals surface area contributed by atoms with Gasteiger partial charge in [0.2, 0.25) is 53.2 Å². The number of nitrogens with zero attached hydrogens (tertiary/aromatic N) is 3. The van der Waals surface area contributed by atoms with Crippen molar-refractivity contribution in [2.75, 3.05) is 25.2 Å². The van der Waals surface area contributed by atoms with E-state index in [1.807, 2.05) is 0 Å². The van der Waals surface area contributed by atoms with E-state index in [0.717, 1.165) is 18.7 Å². The molecule has 4 aromatic rings. The molecule has 0 unspecified atom stereocenters. The molecule has 0 bridgehead atoms. The van der Waals surface area contributed by atoms with Crippen molar-refractivity contribution in [3.05, 3.63) is 96.1 Å². The molecule has 2 aromatic carbocycles. The monoisotopic (exact) mass is 1260 g/mol. The first-order valence-corrected chi connectivity index (χ1v) is 29.6. The number of aliphatic hydroxyl groups excluding tert-OH is 3. The molecule has 5 rings (SSSR count). The second kappa shape index (κ2) is 34.4. The van der Waals surface area contributed by atoms with Crippen molar-refractivity contribution in [1.29, 1.82) is 0 Å². The Labute approximate surface area is 513 Å². The number of carbonyl (C=O) groups excluding carboxylic acids is 9. The lowest BCUT2D eigenvalue weighted by Gasteiger charge is -2.31. The van der Waals surface area contributed by atoms with Gasteiger partial charge in [-0.3, -0.25) is 47.9 Å². The van der Waals surface area contributed by atoms with Crippen LogP contribution in [0.5, 0.6) is 11.5 Å². The molecule has 12 atom stereocenters. The maximum absolute atomic E-state index is 14.8. The zero-order valence-corrected chi connectivity index (χ0v) is 49.6. The minimum absolute atomic E-state index is 0.0212. The number of imidazole rings is 2. The number of aliphatic hydroxyl groups is 3. The summed E-state index contributed by atoms with van der Waals surface area (Å²) in [7, 11) is 0. The van der Waals surface area contributed by atoms with Gasteiger partial charge in [-0.05, 0) is 86.9 Å². The highest BCUT2D eigenvalue weighted by Crippen LogP contribution is 2.22. The Morgan fingerprint density at radius 1 is 0.596 bits per heavy atom. The summed E-state index contributed by atoms with van der Waals surface area (Å²) in [5.74, 6) is -11.8. The van der Waals surface area contributed by atoms with Gasteiger partial charge in [-0.2, -0.15) is 11.8 Å². The summed E-state index contributed by atoms with van der Waals surface area (Å²) in [5.41, 5.74) is 7.27. The Balaban J connectivity index is 1.38. The number of aromatic nitrogens is 4. The molecule has 2 aromatic heterocycles. The lowest BCUT2D eigenvalue weighted by atomic mass is 10.0. The number of aromatic amines is 2. The fraction of sp³-hybridized carbons (Fsp3) is 0.482. The van der Waals surface area contributed by atoms with E-state index in [1.54, 1.807) is 6.26 Å². The van der Waals surface area contributed by atoms with Crippen molar-refractivity contribution < 1.29 is 88.5 Å². The molecule has 9 amide bonds. The number of H-pyrrole nitrogens is 2. The van der Waals surface area contributed by atoms with Gasteiger partial charge < -0.3 is 98.9 Å². The number of phenols is 2. The molecule has 1 aliphatic heterocycles. The van der Waals surface area contributed by atoms with Crippen molar-refractivity contribution in [2.45, 2.75) is 144 Å². The van der Waals surface area contributed by atoms with Crippen LogP contribution in [0.3, 0.4) is 0 Å². The normalized spacial score (nSPS) is 16.6.